The highest BCUT2D eigenvalue weighted by molar-refractivity contribution is 7.20. The van der Waals surface area contributed by atoms with Crippen molar-refractivity contribution < 1.29 is 19.0 Å². The van der Waals surface area contributed by atoms with Crippen LogP contribution in [-0.2, 0) is 4.74 Å². The lowest BCUT2D eigenvalue weighted by atomic mass is 9.94. The summed E-state index contributed by atoms with van der Waals surface area (Å²) in [6, 6.07) is 6.34. The summed E-state index contributed by atoms with van der Waals surface area (Å²) in [6.45, 7) is 1.19. The van der Waals surface area contributed by atoms with E-state index >= 15 is 0 Å². The van der Waals surface area contributed by atoms with Crippen molar-refractivity contribution in [2.75, 3.05) is 19.8 Å². The lowest BCUT2D eigenvalue weighted by Crippen LogP contribution is -2.46. The van der Waals surface area contributed by atoms with Crippen molar-refractivity contribution in [3.63, 3.8) is 0 Å². The van der Waals surface area contributed by atoms with Crippen LogP contribution in [-0.4, -0.2) is 36.4 Å². The van der Waals surface area contributed by atoms with E-state index in [1.54, 1.807) is 18.2 Å². The molecule has 0 radical (unpaired) electrons. The Morgan fingerprint density at radius 2 is 2.19 bits per heavy atom. The van der Waals surface area contributed by atoms with Crippen molar-refractivity contribution in [2.24, 2.45) is 0 Å². The second-order valence-corrected chi connectivity index (χ2v) is 6.37. The second-order valence-electron chi connectivity index (χ2n) is 5.28. The van der Waals surface area contributed by atoms with E-state index in [0.717, 1.165) is 4.70 Å². The maximum Gasteiger partial charge on any atom is 0.261 e. The van der Waals surface area contributed by atoms with E-state index in [-0.39, 0.29) is 18.3 Å². The fourth-order valence-electron chi connectivity index (χ4n) is 2.40. The molecule has 112 valence electrons. The summed E-state index contributed by atoms with van der Waals surface area (Å²) in [4.78, 5) is 12.6. The van der Waals surface area contributed by atoms with Crippen LogP contribution in [0.3, 0.4) is 0 Å². The van der Waals surface area contributed by atoms with E-state index in [4.69, 9.17) is 4.74 Å². The number of carbonyl (C=O) groups is 1. The molecule has 3 rings (SSSR count). The average Bonchev–Trinajstić information content (AvgIpc) is 2.91. The summed E-state index contributed by atoms with van der Waals surface area (Å²) in [7, 11) is 0. The average molecular weight is 309 g/mol. The summed E-state index contributed by atoms with van der Waals surface area (Å²) in [5.74, 6) is -0.610. The van der Waals surface area contributed by atoms with Crippen LogP contribution in [0, 0.1) is 5.82 Å². The minimum Gasteiger partial charge on any atom is -0.388 e. The molecule has 1 aromatic heterocycles. The molecule has 1 aliphatic heterocycles. The van der Waals surface area contributed by atoms with Crippen LogP contribution in [0.5, 0.6) is 0 Å². The van der Waals surface area contributed by atoms with Gasteiger partial charge < -0.3 is 15.2 Å². The summed E-state index contributed by atoms with van der Waals surface area (Å²) in [5.41, 5.74) is -0.907. The number of fused-ring (bicyclic) bond motifs is 1. The number of hydrogen-bond donors (Lipinski definition) is 2. The quantitative estimate of drug-likeness (QED) is 0.915. The van der Waals surface area contributed by atoms with E-state index in [9.17, 15) is 14.3 Å². The Morgan fingerprint density at radius 3 is 2.90 bits per heavy atom. The van der Waals surface area contributed by atoms with Crippen LogP contribution in [0.15, 0.2) is 24.3 Å². The van der Waals surface area contributed by atoms with Gasteiger partial charge in [-0.05, 0) is 18.2 Å². The number of carbonyl (C=O) groups excluding carboxylic acids is 1. The molecular weight excluding hydrogens is 293 g/mol. The predicted molar refractivity (Wildman–Crippen MR) is 79.1 cm³/mol. The first-order valence-corrected chi connectivity index (χ1v) is 7.65. The highest BCUT2D eigenvalue weighted by atomic mass is 32.1. The smallest absolute Gasteiger partial charge is 0.261 e. The highest BCUT2D eigenvalue weighted by Crippen LogP contribution is 2.27. The molecule has 2 aromatic rings. The molecule has 0 bridgehead atoms. The summed E-state index contributed by atoms with van der Waals surface area (Å²) in [6.07, 6.45) is 1.02. The van der Waals surface area contributed by atoms with Gasteiger partial charge in [0, 0.05) is 42.7 Å². The van der Waals surface area contributed by atoms with Gasteiger partial charge in [-0.15, -0.1) is 11.3 Å². The zero-order valence-corrected chi connectivity index (χ0v) is 12.2. The summed E-state index contributed by atoms with van der Waals surface area (Å²) >= 11 is 1.25. The zero-order valence-electron chi connectivity index (χ0n) is 11.4. The van der Waals surface area contributed by atoms with Crippen molar-refractivity contribution in [3.8, 4) is 0 Å². The van der Waals surface area contributed by atoms with Gasteiger partial charge in [0.1, 0.15) is 5.82 Å². The monoisotopic (exact) mass is 309 g/mol. The van der Waals surface area contributed by atoms with Crippen LogP contribution in [0.1, 0.15) is 22.5 Å². The Hall–Kier alpha value is -1.50. The molecule has 1 saturated heterocycles. The topological polar surface area (TPSA) is 58.6 Å². The van der Waals surface area contributed by atoms with Crippen LogP contribution < -0.4 is 5.32 Å². The second kappa shape index (κ2) is 5.71. The van der Waals surface area contributed by atoms with Crippen LogP contribution in [0.2, 0.25) is 0 Å². The molecule has 0 spiro atoms. The Bertz CT molecular complexity index is 664. The van der Waals surface area contributed by atoms with Gasteiger partial charge in [0.25, 0.3) is 5.91 Å². The third-order valence-corrected chi connectivity index (χ3v) is 4.83. The van der Waals surface area contributed by atoms with E-state index in [1.807, 2.05) is 0 Å². The first-order valence-electron chi connectivity index (χ1n) is 6.84. The Morgan fingerprint density at radius 1 is 1.43 bits per heavy atom. The number of ether oxygens (including phenoxy) is 1. The maximum absolute atomic E-state index is 13.6. The number of halogens is 1. The van der Waals surface area contributed by atoms with Crippen molar-refractivity contribution in [1.29, 1.82) is 0 Å². The molecule has 2 heterocycles. The zero-order chi connectivity index (χ0) is 14.9. The van der Waals surface area contributed by atoms with Crippen LogP contribution in [0.25, 0.3) is 10.1 Å². The third kappa shape index (κ3) is 3.07. The number of benzene rings is 1. The fourth-order valence-corrected chi connectivity index (χ4v) is 3.39. The molecule has 1 aromatic carbocycles. The van der Waals surface area contributed by atoms with E-state index in [1.165, 1.54) is 17.4 Å². The molecule has 0 atom stereocenters. The maximum atomic E-state index is 13.6. The van der Waals surface area contributed by atoms with Crippen molar-refractivity contribution >= 4 is 27.3 Å². The minimum atomic E-state index is -0.907. The van der Waals surface area contributed by atoms with Crippen LogP contribution >= 0.6 is 11.3 Å². The Kier molecular flexibility index (Phi) is 3.93. The molecule has 1 fully saturated rings. The molecule has 4 nitrogen and oxygen atoms in total. The first kappa shape index (κ1) is 14.4. The first-order chi connectivity index (χ1) is 10.1. The van der Waals surface area contributed by atoms with Gasteiger partial charge in [-0.2, -0.15) is 0 Å². The van der Waals surface area contributed by atoms with Gasteiger partial charge in [-0.25, -0.2) is 4.39 Å². The normalized spacial score (nSPS) is 17.8. The molecule has 6 heteroatoms. The van der Waals surface area contributed by atoms with Crippen molar-refractivity contribution in [2.45, 2.75) is 18.4 Å². The minimum absolute atomic E-state index is 0.186. The van der Waals surface area contributed by atoms with Crippen LogP contribution in [0.4, 0.5) is 4.39 Å². The van der Waals surface area contributed by atoms with Gasteiger partial charge >= 0.3 is 0 Å². The third-order valence-electron chi connectivity index (χ3n) is 3.73. The van der Waals surface area contributed by atoms with E-state index in [0.29, 0.717) is 36.3 Å². The number of aliphatic hydroxyl groups is 1. The van der Waals surface area contributed by atoms with Gasteiger partial charge in [-0.3, -0.25) is 4.79 Å². The molecule has 21 heavy (non-hydrogen) atoms. The molecule has 1 aliphatic rings. The largest absolute Gasteiger partial charge is 0.388 e. The number of rotatable bonds is 3. The predicted octanol–water partition coefficient (Wildman–Crippen LogP) is 2.31. The molecule has 2 N–H and O–H groups in total. The van der Waals surface area contributed by atoms with Gasteiger partial charge in [-0.1, -0.05) is 6.07 Å². The Balaban J connectivity index is 1.70. The standard InChI is InChI=1S/C15H16FNO3S/c16-11-2-1-3-12-10(11)8-13(21-12)14(18)17-9-15(19)4-6-20-7-5-15/h1-3,8,19H,4-7,9H2,(H,17,18). The number of hydrogen-bond acceptors (Lipinski definition) is 4. The van der Waals surface area contributed by atoms with Gasteiger partial charge in [0.15, 0.2) is 0 Å². The number of nitrogens with one attached hydrogen (secondary N) is 1. The number of amides is 1. The highest BCUT2D eigenvalue weighted by Gasteiger charge is 2.30. The summed E-state index contributed by atoms with van der Waals surface area (Å²) < 4.78 is 19.6. The van der Waals surface area contributed by atoms with E-state index < -0.39 is 5.60 Å². The van der Waals surface area contributed by atoms with Gasteiger partial charge in [0.2, 0.25) is 0 Å². The SMILES string of the molecule is O=C(NCC1(O)CCOCC1)c1cc2c(F)cccc2s1. The molecule has 0 unspecified atom stereocenters. The van der Waals surface area contributed by atoms with Crippen molar-refractivity contribution in [3.05, 3.63) is 35.0 Å². The Labute approximate surface area is 125 Å². The number of thiophene rings is 1. The fraction of sp³-hybridized carbons (Fsp3) is 0.400. The molecule has 0 saturated carbocycles. The molecule has 1 amide bonds. The van der Waals surface area contributed by atoms with E-state index in [2.05, 4.69) is 5.32 Å². The van der Waals surface area contributed by atoms with Gasteiger partial charge in [0.05, 0.1) is 10.5 Å². The molecule has 0 aliphatic carbocycles. The summed E-state index contributed by atoms with van der Waals surface area (Å²) in [5, 5.41) is 13.5. The lowest BCUT2D eigenvalue weighted by Gasteiger charge is -2.31. The van der Waals surface area contributed by atoms with Crippen molar-refractivity contribution in [1.82, 2.24) is 5.32 Å². The molecular formula is C15H16FNO3S. The lowest BCUT2D eigenvalue weighted by molar-refractivity contribution is -0.0605.